The molecule has 3 N–H and O–H groups in total. The summed E-state index contributed by atoms with van der Waals surface area (Å²) in [5, 5.41) is 2.43. The lowest BCUT2D eigenvalue weighted by molar-refractivity contribution is -0.123. The van der Waals surface area contributed by atoms with Crippen LogP contribution in [0.5, 0.6) is 0 Å². The molecular formula is C7H14F2N2O. The molecule has 0 saturated heterocycles. The Morgan fingerprint density at radius 1 is 1.50 bits per heavy atom. The van der Waals surface area contributed by atoms with Gasteiger partial charge in [0.05, 0.1) is 11.6 Å². The van der Waals surface area contributed by atoms with Crippen LogP contribution in [0, 0.1) is 0 Å². The number of hydrogen-bond acceptors (Lipinski definition) is 2. The van der Waals surface area contributed by atoms with Crippen molar-refractivity contribution in [2.75, 3.05) is 0 Å². The van der Waals surface area contributed by atoms with Crippen molar-refractivity contribution in [3.63, 3.8) is 0 Å². The first kappa shape index (κ1) is 11.3. The molecule has 1 amide bonds. The molecule has 0 aromatic rings. The highest BCUT2D eigenvalue weighted by atomic mass is 19.3. The quantitative estimate of drug-likeness (QED) is 0.661. The third-order valence-electron chi connectivity index (χ3n) is 1.58. The van der Waals surface area contributed by atoms with Gasteiger partial charge in [0, 0.05) is 0 Å². The molecule has 1 unspecified atom stereocenters. The first-order valence-electron chi connectivity index (χ1n) is 3.63. The van der Waals surface area contributed by atoms with E-state index in [4.69, 9.17) is 5.73 Å². The van der Waals surface area contributed by atoms with Gasteiger partial charge in [-0.15, -0.1) is 0 Å². The lowest BCUT2D eigenvalue weighted by Gasteiger charge is -2.26. The number of nitrogens with two attached hydrogens (primary N) is 1. The van der Waals surface area contributed by atoms with E-state index in [0.717, 1.165) is 0 Å². The molecule has 0 aromatic carbocycles. The van der Waals surface area contributed by atoms with Gasteiger partial charge in [0.25, 0.3) is 6.43 Å². The van der Waals surface area contributed by atoms with Gasteiger partial charge in [0.15, 0.2) is 0 Å². The van der Waals surface area contributed by atoms with E-state index in [9.17, 15) is 13.6 Å². The standard InChI is InChI=1S/C7H14F2N2O/c1-4(5(8)9)11-7(2,3)6(10)12/h4-5,11H,1-3H3,(H2,10,12). The van der Waals surface area contributed by atoms with E-state index in [1.807, 2.05) is 0 Å². The van der Waals surface area contributed by atoms with E-state index in [-0.39, 0.29) is 0 Å². The Labute approximate surface area is 70.3 Å². The van der Waals surface area contributed by atoms with E-state index in [1.54, 1.807) is 0 Å². The summed E-state index contributed by atoms with van der Waals surface area (Å²) in [5.41, 5.74) is 3.88. The van der Waals surface area contributed by atoms with Crippen LogP contribution < -0.4 is 11.1 Å². The summed E-state index contributed by atoms with van der Waals surface area (Å²) in [4.78, 5) is 10.7. The molecule has 3 nitrogen and oxygen atoms in total. The van der Waals surface area contributed by atoms with Crippen LogP contribution in [0.15, 0.2) is 0 Å². The van der Waals surface area contributed by atoms with Crippen LogP contribution >= 0.6 is 0 Å². The van der Waals surface area contributed by atoms with Crippen LogP contribution in [0.1, 0.15) is 20.8 Å². The summed E-state index contributed by atoms with van der Waals surface area (Å²) < 4.78 is 24.0. The van der Waals surface area contributed by atoms with Crippen molar-refractivity contribution in [2.45, 2.75) is 38.8 Å². The lowest BCUT2D eigenvalue weighted by Crippen LogP contribution is -2.55. The third kappa shape index (κ3) is 3.13. The first-order valence-corrected chi connectivity index (χ1v) is 3.63. The van der Waals surface area contributed by atoms with Crippen molar-refractivity contribution in [1.29, 1.82) is 0 Å². The van der Waals surface area contributed by atoms with E-state index >= 15 is 0 Å². The third-order valence-corrected chi connectivity index (χ3v) is 1.58. The predicted molar refractivity (Wildman–Crippen MR) is 41.9 cm³/mol. The minimum atomic E-state index is -2.50. The van der Waals surface area contributed by atoms with Crippen LogP contribution in [0.25, 0.3) is 0 Å². The Morgan fingerprint density at radius 2 is 1.92 bits per heavy atom. The number of carbonyl (C=O) groups is 1. The van der Waals surface area contributed by atoms with E-state index in [0.29, 0.717) is 0 Å². The van der Waals surface area contributed by atoms with Crippen molar-refractivity contribution in [2.24, 2.45) is 5.73 Å². The molecule has 0 aliphatic rings. The van der Waals surface area contributed by atoms with Gasteiger partial charge in [-0.3, -0.25) is 10.1 Å². The molecule has 0 aliphatic heterocycles. The van der Waals surface area contributed by atoms with Gasteiger partial charge >= 0.3 is 0 Å². The molecule has 5 heteroatoms. The van der Waals surface area contributed by atoms with E-state index in [2.05, 4.69) is 5.32 Å². The zero-order valence-electron chi connectivity index (χ0n) is 7.40. The molecule has 72 valence electrons. The SMILES string of the molecule is CC(NC(C)(C)C(N)=O)C(F)F. The minimum Gasteiger partial charge on any atom is -0.368 e. The number of hydrogen-bond donors (Lipinski definition) is 2. The summed E-state index contributed by atoms with van der Waals surface area (Å²) in [6.07, 6.45) is -2.50. The Hall–Kier alpha value is -0.710. The summed E-state index contributed by atoms with van der Waals surface area (Å²) in [5.74, 6) is -0.644. The summed E-state index contributed by atoms with van der Waals surface area (Å²) in [6, 6.07) is -1.03. The molecule has 0 heterocycles. The molecule has 0 radical (unpaired) electrons. The van der Waals surface area contributed by atoms with Gasteiger partial charge in [0.2, 0.25) is 5.91 Å². The van der Waals surface area contributed by atoms with Gasteiger partial charge in [-0.2, -0.15) is 0 Å². The Balaban J connectivity index is 4.15. The number of nitrogens with one attached hydrogen (secondary N) is 1. The highest BCUT2D eigenvalue weighted by molar-refractivity contribution is 5.83. The Kier molecular flexibility index (Phi) is 3.57. The van der Waals surface area contributed by atoms with E-state index in [1.165, 1.54) is 20.8 Å². The number of primary amides is 1. The minimum absolute atomic E-state index is 0.644. The van der Waals surface area contributed by atoms with Crippen molar-refractivity contribution < 1.29 is 13.6 Å². The van der Waals surface area contributed by atoms with Crippen LogP contribution in [0.4, 0.5) is 8.78 Å². The fraction of sp³-hybridized carbons (Fsp3) is 0.857. The Bertz CT molecular complexity index is 171. The molecule has 0 aliphatic carbocycles. The van der Waals surface area contributed by atoms with Gasteiger partial charge in [-0.25, -0.2) is 8.78 Å². The van der Waals surface area contributed by atoms with Gasteiger partial charge in [0.1, 0.15) is 0 Å². The number of carbonyl (C=O) groups excluding carboxylic acids is 1. The predicted octanol–water partition coefficient (Wildman–Crippen LogP) is 0.493. The molecule has 0 aromatic heterocycles. The molecule has 0 bridgehead atoms. The monoisotopic (exact) mass is 180 g/mol. The fourth-order valence-corrected chi connectivity index (χ4v) is 0.703. The fourth-order valence-electron chi connectivity index (χ4n) is 0.703. The van der Waals surface area contributed by atoms with Crippen LogP contribution in [-0.4, -0.2) is 23.9 Å². The largest absolute Gasteiger partial charge is 0.368 e. The lowest BCUT2D eigenvalue weighted by atomic mass is 10.0. The van der Waals surface area contributed by atoms with Crippen LogP contribution in [-0.2, 0) is 4.79 Å². The van der Waals surface area contributed by atoms with Crippen molar-refractivity contribution >= 4 is 5.91 Å². The van der Waals surface area contributed by atoms with Crippen LogP contribution in [0.2, 0.25) is 0 Å². The number of rotatable bonds is 4. The summed E-state index contributed by atoms with van der Waals surface area (Å²) in [6.45, 7) is 4.23. The summed E-state index contributed by atoms with van der Waals surface area (Å²) >= 11 is 0. The van der Waals surface area contributed by atoms with Crippen molar-refractivity contribution in [3.05, 3.63) is 0 Å². The topological polar surface area (TPSA) is 55.1 Å². The van der Waals surface area contributed by atoms with Crippen molar-refractivity contribution in [3.8, 4) is 0 Å². The second kappa shape index (κ2) is 3.80. The number of alkyl halides is 2. The molecule has 0 rings (SSSR count). The number of amides is 1. The highest BCUT2D eigenvalue weighted by Crippen LogP contribution is 2.07. The maximum absolute atomic E-state index is 12.0. The molecule has 0 saturated carbocycles. The normalized spacial score (nSPS) is 14.8. The number of halogens is 2. The molecule has 0 fully saturated rings. The second-order valence-electron chi connectivity index (χ2n) is 3.26. The van der Waals surface area contributed by atoms with E-state index < -0.39 is 23.9 Å². The van der Waals surface area contributed by atoms with Gasteiger partial charge < -0.3 is 5.73 Å². The average Bonchev–Trinajstić information content (AvgIpc) is 1.85. The molecular weight excluding hydrogens is 166 g/mol. The molecule has 12 heavy (non-hydrogen) atoms. The average molecular weight is 180 g/mol. The maximum atomic E-state index is 12.0. The first-order chi connectivity index (χ1) is 5.27. The van der Waals surface area contributed by atoms with Crippen LogP contribution in [0.3, 0.4) is 0 Å². The van der Waals surface area contributed by atoms with Gasteiger partial charge in [-0.05, 0) is 20.8 Å². The molecule has 0 spiro atoms. The zero-order valence-corrected chi connectivity index (χ0v) is 7.40. The van der Waals surface area contributed by atoms with Crippen molar-refractivity contribution in [1.82, 2.24) is 5.32 Å². The Morgan fingerprint density at radius 3 is 2.17 bits per heavy atom. The highest BCUT2D eigenvalue weighted by Gasteiger charge is 2.29. The summed E-state index contributed by atoms with van der Waals surface area (Å²) in [7, 11) is 0. The van der Waals surface area contributed by atoms with Gasteiger partial charge in [-0.1, -0.05) is 0 Å². The maximum Gasteiger partial charge on any atom is 0.253 e. The smallest absolute Gasteiger partial charge is 0.253 e. The zero-order chi connectivity index (χ0) is 9.94. The molecule has 1 atom stereocenters. The second-order valence-corrected chi connectivity index (χ2v) is 3.26.